The first-order valence-corrected chi connectivity index (χ1v) is 7.12. The Kier molecular flexibility index (Phi) is 3.63. The number of hydrogen-bond acceptors (Lipinski definition) is 3. The number of fused-ring (bicyclic) bond motifs is 1. The van der Waals surface area contributed by atoms with Gasteiger partial charge >= 0.3 is 5.97 Å². The minimum atomic E-state index is -0.868. The molecule has 1 aliphatic heterocycles. The molecule has 0 amide bonds. The van der Waals surface area contributed by atoms with Gasteiger partial charge in [-0.05, 0) is 38.1 Å². The summed E-state index contributed by atoms with van der Waals surface area (Å²) in [6, 6.07) is 5.48. The van der Waals surface area contributed by atoms with Crippen molar-refractivity contribution in [2.24, 2.45) is 0 Å². The number of nitrogens with zero attached hydrogens (tertiary/aromatic N) is 3. The second-order valence-electron chi connectivity index (χ2n) is 5.10. The van der Waals surface area contributed by atoms with Crippen molar-refractivity contribution in [3.05, 3.63) is 34.7 Å². The molecule has 0 spiro atoms. The second-order valence-corrected chi connectivity index (χ2v) is 5.49. The lowest BCUT2D eigenvalue weighted by Crippen LogP contribution is -2.21. The van der Waals surface area contributed by atoms with Crippen LogP contribution in [-0.2, 0) is 17.8 Å². The van der Waals surface area contributed by atoms with Crippen molar-refractivity contribution >= 4 is 23.2 Å². The van der Waals surface area contributed by atoms with Crippen molar-refractivity contribution in [1.82, 2.24) is 14.3 Å². The molecule has 2 aromatic rings. The first kappa shape index (κ1) is 13.4. The lowest BCUT2D eigenvalue weighted by atomic mass is 10.2. The zero-order valence-corrected chi connectivity index (χ0v) is 11.8. The molecule has 3 rings (SSSR count). The van der Waals surface area contributed by atoms with E-state index in [9.17, 15) is 4.79 Å². The fraction of sp³-hybridized carbons (Fsp3) is 0.429. The molecule has 0 saturated carbocycles. The molecule has 0 radical (unpaired) electrons. The molecular weight excluding hydrogens is 278 g/mol. The number of aliphatic carboxylic acids is 1. The van der Waals surface area contributed by atoms with Gasteiger partial charge in [-0.15, -0.1) is 0 Å². The highest BCUT2D eigenvalue weighted by Crippen LogP contribution is 2.22. The zero-order valence-electron chi connectivity index (χ0n) is 11.0. The van der Waals surface area contributed by atoms with Gasteiger partial charge in [0.15, 0.2) is 0 Å². The summed E-state index contributed by atoms with van der Waals surface area (Å²) in [7, 11) is 0. The number of carboxylic acid groups (broad SMARTS) is 1. The van der Waals surface area contributed by atoms with Crippen LogP contribution in [0, 0.1) is 0 Å². The Morgan fingerprint density at radius 2 is 2.10 bits per heavy atom. The number of aromatic nitrogens is 2. The third-order valence-electron chi connectivity index (χ3n) is 3.67. The third kappa shape index (κ3) is 2.51. The summed E-state index contributed by atoms with van der Waals surface area (Å²) < 4.78 is 1.86. The predicted octanol–water partition coefficient (Wildman–Crippen LogP) is 2.21. The van der Waals surface area contributed by atoms with Crippen LogP contribution in [0.15, 0.2) is 18.2 Å². The molecule has 0 atom stereocenters. The van der Waals surface area contributed by atoms with Crippen LogP contribution in [-0.4, -0.2) is 38.4 Å². The highest BCUT2D eigenvalue weighted by atomic mass is 35.5. The number of carbonyl (C=O) groups is 1. The monoisotopic (exact) mass is 293 g/mol. The van der Waals surface area contributed by atoms with Gasteiger partial charge in [-0.3, -0.25) is 14.1 Å². The van der Waals surface area contributed by atoms with Crippen LogP contribution in [0.5, 0.6) is 0 Å². The fourth-order valence-corrected chi connectivity index (χ4v) is 3.02. The van der Waals surface area contributed by atoms with Gasteiger partial charge in [0.1, 0.15) is 10.8 Å². The molecule has 0 bridgehead atoms. The minimum absolute atomic E-state index is 0.0683. The second kappa shape index (κ2) is 5.42. The van der Waals surface area contributed by atoms with Gasteiger partial charge in [-0.2, -0.15) is 0 Å². The van der Waals surface area contributed by atoms with Gasteiger partial charge in [0.05, 0.1) is 17.8 Å². The quantitative estimate of drug-likeness (QED) is 0.878. The third-order valence-corrected chi connectivity index (χ3v) is 3.96. The lowest BCUT2D eigenvalue weighted by molar-refractivity contribution is -0.136. The van der Waals surface area contributed by atoms with Crippen LogP contribution < -0.4 is 0 Å². The summed E-state index contributed by atoms with van der Waals surface area (Å²) >= 11 is 6.25. The maximum atomic E-state index is 11.0. The molecule has 1 aliphatic rings. The molecule has 0 unspecified atom stereocenters. The van der Waals surface area contributed by atoms with Gasteiger partial charge in [0.25, 0.3) is 0 Å². The van der Waals surface area contributed by atoms with Crippen LogP contribution in [0.4, 0.5) is 0 Å². The Labute approximate surface area is 121 Å². The van der Waals surface area contributed by atoms with Crippen molar-refractivity contribution in [3.63, 3.8) is 0 Å². The van der Waals surface area contributed by atoms with Crippen molar-refractivity contribution < 1.29 is 9.90 Å². The number of carboxylic acids is 1. The minimum Gasteiger partial charge on any atom is -0.481 e. The molecule has 2 aromatic heterocycles. The van der Waals surface area contributed by atoms with E-state index in [0.29, 0.717) is 23.0 Å². The molecular formula is C14H16ClN3O2. The van der Waals surface area contributed by atoms with Crippen LogP contribution in [0.25, 0.3) is 5.65 Å². The molecule has 1 N–H and O–H groups in total. The Balaban J connectivity index is 2.06. The zero-order chi connectivity index (χ0) is 14.1. The molecule has 5 nitrogen and oxygen atoms in total. The average molecular weight is 294 g/mol. The van der Waals surface area contributed by atoms with Crippen molar-refractivity contribution in [3.8, 4) is 0 Å². The van der Waals surface area contributed by atoms with E-state index < -0.39 is 5.97 Å². The van der Waals surface area contributed by atoms with Crippen LogP contribution in [0.2, 0.25) is 5.15 Å². The molecule has 20 heavy (non-hydrogen) atoms. The van der Waals surface area contributed by atoms with E-state index in [-0.39, 0.29) is 6.42 Å². The molecule has 6 heteroatoms. The van der Waals surface area contributed by atoms with E-state index in [1.807, 2.05) is 16.5 Å². The molecule has 0 aliphatic carbocycles. The Morgan fingerprint density at radius 3 is 2.80 bits per heavy atom. The van der Waals surface area contributed by atoms with Crippen molar-refractivity contribution in [2.45, 2.75) is 25.8 Å². The summed E-state index contributed by atoms with van der Waals surface area (Å²) in [6.45, 7) is 2.79. The maximum absolute atomic E-state index is 11.0. The number of rotatable bonds is 4. The predicted molar refractivity (Wildman–Crippen MR) is 76.1 cm³/mol. The van der Waals surface area contributed by atoms with E-state index in [1.54, 1.807) is 6.07 Å². The number of imidazole rings is 1. The molecule has 0 aromatic carbocycles. The van der Waals surface area contributed by atoms with Crippen molar-refractivity contribution in [1.29, 1.82) is 0 Å². The highest BCUT2D eigenvalue weighted by Gasteiger charge is 2.20. The van der Waals surface area contributed by atoms with Gasteiger partial charge in [-0.1, -0.05) is 17.7 Å². The first-order valence-electron chi connectivity index (χ1n) is 6.74. The molecule has 3 heterocycles. The smallest absolute Gasteiger partial charge is 0.309 e. The first-order chi connectivity index (χ1) is 9.65. The van der Waals surface area contributed by atoms with Gasteiger partial charge < -0.3 is 5.11 Å². The number of pyridine rings is 1. The van der Waals surface area contributed by atoms with E-state index >= 15 is 0 Å². The Morgan fingerprint density at radius 1 is 1.35 bits per heavy atom. The average Bonchev–Trinajstić information content (AvgIpc) is 2.99. The summed E-state index contributed by atoms with van der Waals surface area (Å²) in [5.41, 5.74) is 2.22. The van der Waals surface area contributed by atoms with Crippen LogP contribution in [0.1, 0.15) is 24.2 Å². The van der Waals surface area contributed by atoms with Gasteiger partial charge in [0, 0.05) is 6.54 Å². The summed E-state index contributed by atoms with van der Waals surface area (Å²) in [5, 5.41) is 9.62. The number of hydrogen-bond donors (Lipinski definition) is 1. The summed E-state index contributed by atoms with van der Waals surface area (Å²) in [6.07, 6.45) is 2.32. The molecule has 1 saturated heterocycles. The molecule has 1 fully saturated rings. The summed E-state index contributed by atoms with van der Waals surface area (Å²) in [5.74, 6) is -0.868. The van der Waals surface area contributed by atoms with E-state index in [0.717, 1.165) is 18.8 Å². The maximum Gasteiger partial charge on any atom is 0.309 e. The van der Waals surface area contributed by atoms with E-state index in [1.165, 1.54) is 12.8 Å². The van der Waals surface area contributed by atoms with Crippen molar-refractivity contribution in [2.75, 3.05) is 13.1 Å². The molecule has 106 valence electrons. The number of likely N-dealkylation sites (tertiary alicyclic amines) is 1. The van der Waals surface area contributed by atoms with Crippen LogP contribution >= 0.6 is 11.6 Å². The fourth-order valence-electron chi connectivity index (χ4n) is 2.76. The highest BCUT2D eigenvalue weighted by molar-refractivity contribution is 6.29. The largest absolute Gasteiger partial charge is 0.481 e. The topological polar surface area (TPSA) is 57.8 Å². The SMILES string of the molecule is O=C(O)Cc1nc2cccc(Cl)n2c1CN1CCCC1. The lowest BCUT2D eigenvalue weighted by Gasteiger charge is -2.15. The Hall–Kier alpha value is -1.59. The van der Waals surface area contributed by atoms with E-state index in [4.69, 9.17) is 16.7 Å². The normalized spacial score (nSPS) is 16.1. The van der Waals surface area contributed by atoms with Gasteiger partial charge in [0.2, 0.25) is 0 Å². The van der Waals surface area contributed by atoms with E-state index in [2.05, 4.69) is 9.88 Å². The van der Waals surface area contributed by atoms with Gasteiger partial charge in [-0.25, -0.2) is 4.98 Å². The Bertz CT molecular complexity index is 647. The van der Waals surface area contributed by atoms with Crippen LogP contribution in [0.3, 0.4) is 0 Å². The number of halogens is 1. The summed E-state index contributed by atoms with van der Waals surface area (Å²) in [4.78, 5) is 17.8. The standard InChI is InChI=1S/C14H16ClN3O2/c15-12-4-3-5-13-16-10(8-14(19)20)11(18(12)13)9-17-6-1-2-7-17/h3-5H,1-2,6-9H2,(H,19,20).